The molecule has 0 fully saturated rings. The number of ether oxygens (including phenoxy) is 2. The normalized spacial score (nSPS) is 22.2. The van der Waals surface area contributed by atoms with Gasteiger partial charge in [0.25, 0.3) is 0 Å². The molecule has 1 unspecified atom stereocenters. The van der Waals surface area contributed by atoms with E-state index in [-0.39, 0.29) is 17.1 Å². The summed E-state index contributed by atoms with van der Waals surface area (Å²) in [5.41, 5.74) is 0.190. The fourth-order valence-electron chi connectivity index (χ4n) is 1.15. The van der Waals surface area contributed by atoms with E-state index in [4.69, 9.17) is 0 Å². The summed E-state index contributed by atoms with van der Waals surface area (Å²) in [7, 11) is 0. The van der Waals surface area contributed by atoms with E-state index in [0.717, 1.165) is 12.1 Å². The van der Waals surface area contributed by atoms with Gasteiger partial charge in [-0.05, 0) is 18.2 Å². The van der Waals surface area contributed by atoms with E-state index >= 15 is 0 Å². The molecule has 1 heterocycles. The standard InChI is InChI=1S/C9H5F3O3/c10-8-9(11,12)15-6-2-1-5(4-13)3-7(6)14-8/h1-4,8H. The lowest BCUT2D eigenvalue weighted by Gasteiger charge is -2.28. The number of benzene rings is 1. The van der Waals surface area contributed by atoms with Crippen molar-refractivity contribution >= 4 is 6.29 Å². The van der Waals surface area contributed by atoms with Gasteiger partial charge in [0.2, 0.25) is 0 Å². The molecule has 0 N–H and O–H groups in total. The predicted molar refractivity (Wildman–Crippen MR) is 42.9 cm³/mol. The summed E-state index contributed by atoms with van der Waals surface area (Å²) >= 11 is 0. The van der Waals surface area contributed by atoms with Gasteiger partial charge in [-0.2, -0.15) is 13.2 Å². The number of halogens is 3. The van der Waals surface area contributed by atoms with Crippen LogP contribution in [0.4, 0.5) is 13.2 Å². The molecule has 80 valence electrons. The zero-order chi connectivity index (χ0) is 11.1. The maximum Gasteiger partial charge on any atom is 0.468 e. The van der Waals surface area contributed by atoms with Gasteiger partial charge in [-0.3, -0.25) is 4.79 Å². The lowest BCUT2D eigenvalue weighted by Crippen LogP contribution is -2.43. The molecule has 0 saturated heterocycles. The van der Waals surface area contributed by atoms with E-state index in [1.807, 2.05) is 0 Å². The summed E-state index contributed by atoms with van der Waals surface area (Å²) < 4.78 is 46.4. The molecule has 1 aliphatic heterocycles. The molecule has 15 heavy (non-hydrogen) atoms. The van der Waals surface area contributed by atoms with Crippen molar-refractivity contribution in [1.82, 2.24) is 0 Å². The molecule has 0 saturated carbocycles. The average Bonchev–Trinajstić information content (AvgIpc) is 2.19. The first kappa shape index (κ1) is 9.82. The molecular formula is C9H5F3O3. The van der Waals surface area contributed by atoms with Crippen LogP contribution in [0.1, 0.15) is 10.4 Å². The van der Waals surface area contributed by atoms with Crippen LogP contribution in [-0.4, -0.2) is 18.8 Å². The minimum atomic E-state index is -4.00. The van der Waals surface area contributed by atoms with Crippen LogP contribution in [0.3, 0.4) is 0 Å². The summed E-state index contributed by atoms with van der Waals surface area (Å²) in [5.74, 6) is -0.502. The van der Waals surface area contributed by atoms with Crippen molar-refractivity contribution in [2.45, 2.75) is 12.5 Å². The number of carbonyl (C=O) groups is 1. The fraction of sp³-hybridized carbons (Fsp3) is 0.222. The highest BCUT2D eigenvalue weighted by atomic mass is 19.3. The smallest absolute Gasteiger partial charge is 0.447 e. The highest BCUT2D eigenvalue weighted by Crippen LogP contribution is 2.40. The predicted octanol–water partition coefficient (Wildman–Crippen LogP) is 2.16. The number of fused-ring (bicyclic) bond motifs is 1. The molecule has 0 aliphatic carbocycles. The first-order chi connectivity index (χ1) is 7.03. The van der Waals surface area contributed by atoms with Crippen LogP contribution in [0.5, 0.6) is 11.5 Å². The van der Waals surface area contributed by atoms with Gasteiger partial charge in [0.1, 0.15) is 6.29 Å². The highest BCUT2D eigenvalue weighted by Gasteiger charge is 2.49. The molecule has 0 radical (unpaired) electrons. The third-order valence-electron chi connectivity index (χ3n) is 1.84. The Labute approximate surface area is 82.4 Å². The Morgan fingerprint density at radius 2 is 2.07 bits per heavy atom. The summed E-state index contributed by atoms with van der Waals surface area (Å²) in [6, 6.07) is 3.52. The number of hydrogen-bond donors (Lipinski definition) is 0. The van der Waals surface area contributed by atoms with Crippen molar-refractivity contribution in [2.75, 3.05) is 0 Å². The Morgan fingerprint density at radius 3 is 2.73 bits per heavy atom. The van der Waals surface area contributed by atoms with Crippen molar-refractivity contribution in [3.8, 4) is 11.5 Å². The Balaban J connectivity index is 2.41. The number of alkyl halides is 3. The van der Waals surface area contributed by atoms with Crippen LogP contribution in [0.15, 0.2) is 18.2 Å². The second kappa shape index (κ2) is 3.15. The molecule has 2 rings (SSSR count). The first-order valence-corrected chi connectivity index (χ1v) is 4.00. The second-order valence-electron chi connectivity index (χ2n) is 2.92. The van der Waals surface area contributed by atoms with E-state index in [9.17, 15) is 18.0 Å². The van der Waals surface area contributed by atoms with Crippen LogP contribution in [0.2, 0.25) is 0 Å². The van der Waals surface area contributed by atoms with Gasteiger partial charge in [0.05, 0.1) is 0 Å². The van der Waals surface area contributed by atoms with Crippen LogP contribution >= 0.6 is 0 Å². The van der Waals surface area contributed by atoms with Crippen LogP contribution in [0, 0.1) is 0 Å². The monoisotopic (exact) mass is 218 g/mol. The fourth-order valence-corrected chi connectivity index (χ4v) is 1.15. The van der Waals surface area contributed by atoms with Crippen LogP contribution < -0.4 is 9.47 Å². The minimum Gasteiger partial charge on any atom is -0.447 e. The molecule has 6 heteroatoms. The van der Waals surface area contributed by atoms with Gasteiger partial charge in [-0.25, -0.2) is 0 Å². The molecule has 1 aromatic rings. The maximum absolute atomic E-state index is 12.7. The summed E-state index contributed by atoms with van der Waals surface area (Å²) in [6.07, 6.45) is -6.38. The number of rotatable bonds is 1. The lowest BCUT2D eigenvalue weighted by molar-refractivity contribution is -0.281. The van der Waals surface area contributed by atoms with E-state index in [1.165, 1.54) is 6.07 Å². The Bertz CT molecular complexity index is 406. The SMILES string of the molecule is O=Cc1ccc2c(c1)OC(F)C(F)(F)O2. The molecule has 1 aliphatic rings. The Kier molecular flexibility index (Phi) is 2.06. The van der Waals surface area contributed by atoms with Gasteiger partial charge in [0.15, 0.2) is 11.5 Å². The zero-order valence-corrected chi connectivity index (χ0v) is 7.25. The molecule has 1 aromatic carbocycles. The summed E-state index contributed by atoms with van der Waals surface area (Å²) in [5, 5.41) is 0. The van der Waals surface area contributed by atoms with E-state index < -0.39 is 12.5 Å². The van der Waals surface area contributed by atoms with E-state index in [1.54, 1.807) is 0 Å². The molecule has 0 spiro atoms. The van der Waals surface area contributed by atoms with Crippen molar-refractivity contribution < 1.29 is 27.4 Å². The lowest BCUT2D eigenvalue weighted by atomic mass is 10.2. The zero-order valence-electron chi connectivity index (χ0n) is 7.25. The van der Waals surface area contributed by atoms with Crippen molar-refractivity contribution in [3.05, 3.63) is 23.8 Å². The number of hydrogen-bond acceptors (Lipinski definition) is 3. The van der Waals surface area contributed by atoms with Gasteiger partial charge in [0, 0.05) is 5.56 Å². The second-order valence-corrected chi connectivity index (χ2v) is 2.92. The molecule has 0 bridgehead atoms. The Hall–Kier alpha value is -1.72. The number of aldehydes is 1. The van der Waals surface area contributed by atoms with Gasteiger partial charge in [-0.15, -0.1) is 0 Å². The summed E-state index contributed by atoms with van der Waals surface area (Å²) in [6.45, 7) is 0. The average molecular weight is 218 g/mol. The number of carbonyl (C=O) groups excluding carboxylic acids is 1. The first-order valence-electron chi connectivity index (χ1n) is 4.00. The highest BCUT2D eigenvalue weighted by molar-refractivity contribution is 5.76. The largest absolute Gasteiger partial charge is 0.468 e. The van der Waals surface area contributed by atoms with Crippen molar-refractivity contribution in [3.63, 3.8) is 0 Å². The third kappa shape index (κ3) is 1.62. The quantitative estimate of drug-likeness (QED) is 0.677. The Morgan fingerprint density at radius 1 is 1.33 bits per heavy atom. The van der Waals surface area contributed by atoms with Gasteiger partial charge >= 0.3 is 12.5 Å². The molecular weight excluding hydrogens is 213 g/mol. The van der Waals surface area contributed by atoms with Crippen LogP contribution in [-0.2, 0) is 0 Å². The van der Waals surface area contributed by atoms with Crippen LogP contribution in [0.25, 0.3) is 0 Å². The topological polar surface area (TPSA) is 35.5 Å². The third-order valence-corrected chi connectivity index (χ3v) is 1.84. The van der Waals surface area contributed by atoms with Gasteiger partial charge < -0.3 is 9.47 Å². The van der Waals surface area contributed by atoms with Crippen molar-refractivity contribution in [1.29, 1.82) is 0 Å². The van der Waals surface area contributed by atoms with E-state index in [2.05, 4.69) is 9.47 Å². The van der Waals surface area contributed by atoms with Gasteiger partial charge in [-0.1, -0.05) is 0 Å². The minimum absolute atomic E-state index is 0.190. The van der Waals surface area contributed by atoms with Crippen molar-refractivity contribution in [2.24, 2.45) is 0 Å². The molecule has 0 amide bonds. The molecule has 1 atom stereocenters. The molecule has 3 nitrogen and oxygen atoms in total. The van der Waals surface area contributed by atoms with E-state index in [0.29, 0.717) is 6.29 Å². The molecule has 0 aromatic heterocycles. The summed E-state index contributed by atoms with van der Waals surface area (Å²) in [4.78, 5) is 10.4. The maximum atomic E-state index is 12.7.